The van der Waals surface area contributed by atoms with Crippen LogP contribution in [-0.4, -0.2) is 24.7 Å². The van der Waals surface area contributed by atoms with Gasteiger partial charge in [-0.3, -0.25) is 4.57 Å². The molecule has 16 heavy (non-hydrogen) atoms. The van der Waals surface area contributed by atoms with Gasteiger partial charge in [-0.25, -0.2) is 9.97 Å². The summed E-state index contributed by atoms with van der Waals surface area (Å²) in [5.74, 6) is 1.61. The van der Waals surface area contributed by atoms with Crippen molar-refractivity contribution in [2.24, 2.45) is 0 Å². The lowest BCUT2D eigenvalue weighted by molar-refractivity contribution is 0.711. The van der Waals surface area contributed by atoms with E-state index in [0.717, 1.165) is 23.8 Å². The monoisotopic (exact) mass is 237 g/mol. The quantitative estimate of drug-likeness (QED) is 0.815. The lowest BCUT2D eigenvalue weighted by Gasteiger charge is -2.06. The third-order valence-corrected chi connectivity index (χ3v) is 2.53. The van der Waals surface area contributed by atoms with Crippen molar-refractivity contribution in [2.45, 2.75) is 26.8 Å². The molecule has 2 aromatic heterocycles. The van der Waals surface area contributed by atoms with Crippen LogP contribution in [0.25, 0.3) is 0 Å². The van der Waals surface area contributed by atoms with E-state index in [-0.39, 0.29) is 0 Å². The first kappa shape index (κ1) is 11.0. The first-order valence-electron chi connectivity index (χ1n) is 5.06. The van der Waals surface area contributed by atoms with Crippen molar-refractivity contribution in [1.82, 2.24) is 24.7 Å². The smallest absolute Gasteiger partial charge is 0.225 e. The first-order valence-corrected chi connectivity index (χ1v) is 5.44. The number of aromatic nitrogens is 5. The molecule has 5 nitrogen and oxygen atoms in total. The molecule has 0 fully saturated rings. The standard InChI is InChI=1S/C10H12ClN5/c1-3-9-14-15-10(11)16(9)6-8-4-5-12-7(2)13-8/h4-5H,3,6H2,1-2H3. The van der Waals surface area contributed by atoms with Crippen LogP contribution in [0.15, 0.2) is 12.3 Å². The fourth-order valence-electron chi connectivity index (χ4n) is 1.49. The summed E-state index contributed by atoms with van der Waals surface area (Å²) in [5, 5.41) is 8.23. The van der Waals surface area contributed by atoms with E-state index in [4.69, 9.17) is 11.6 Å². The minimum Gasteiger partial charge on any atom is -0.296 e. The van der Waals surface area contributed by atoms with Crippen molar-refractivity contribution in [1.29, 1.82) is 0 Å². The number of rotatable bonds is 3. The fraction of sp³-hybridized carbons (Fsp3) is 0.400. The first-order chi connectivity index (χ1) is 7.70. The van der Waals surface area contributed by atoms with E-state index in [2.05, 4.69) is 20.2 Å². The van der Waals surface area contributed by atoms with Crippen LogP contribution in [0, 0.1) is 6.92 Å². The highest BCUT2D eigenvalue weighted by Crippen LogP contribution is 2.11. The molecule has 6 heteroatoms. The van der Waals surface area contributed by atoms with Gasteiger partial charge in [0.2, 0.25) is 5.28 Å². The Morgan fingerprint density at radius 2 is 2.19 bits per heavy atom. The zero-order valence-electron chi connectivity index (χ0n) is 9.18. The number of nitrogens with zero attached hydrogens (tertiary/aromatic N) is 5. The van der Waals surface area contributed by atoms with Gasteiger partial charge in [0.15, 0.2) is 0 Å². The van der Waals surface area contributed by atoms with Gasteiger partial charge >= 0.3 is 0 Å². The molecule has 0 N–H and O–H groups in total. The van der Waals surface area contributed by atoms with E-state index in [9.17, 15) is 0 Å². The Kier molecular flexibility index (Phi) is 3.14. The van der Waals surface area contributed by atoms with Crippen LogP contribution in [0.1, 0.15) is 24.3 Å². The van der Waals surface area contributed by atoms with Gasteiger partial charge in [0.05, 0.1) is 12.2 Å². The van der Waals surface area contributed by atoms with Crippen LogP contribution in [0.5, 0.6) is 0 Å². The van der Waals surface area contributed by atoms with Crippen molar-refractivity contribution in [3.05, 3.63) is 34.9 Å². The van der Waals surface area contributed by atoms with Gasteiger partial charge in [-0.05, 0) is 24.6 Å². The van der Waals surface area contributed by atoms with Gasteiger partial charge in [-0.1, -0.05) is 6.92 Å². The lowest BCUT2D eigenvalue weighted by atomic mass is 10.3. The van der Waals surface area contributed by atoms with Crippen LogP contribution < -0.4 is 0 Å². The molecule has 2 heterocycles. The molecule has 84 valence electrons. The van der Waals surface area contributed by atoms with Gasteiger partial charge in [0.1, 0.15) is 11.6 Å². The number of hydrogen-bond acceptors (Lipinski definition) is 4. The minimum absolute atomic E-state index is 0.396. The van der Waals surface area contributed by atoms with Crippen molar-refractivity contribution in [3.63, 3.8) is 0 Å². The van der Waals surface area contributed by atoms with Crippen LogP contribution in [0.3, 0.4) is 0 Å². The maximum Gasteiger partial charge on any atom is 0.225 e. The highest BCUT2D eigenvalue weighted by molar-refractivity contribution is 6.28. The molecule has 0 amide bonds. The molecule has 2 rings (SSSR count). The Hall–Kier alpha value is -1.49. The fourth-order valence-corrected chi connectivity index (χ4v) is 1.68. The van der Waals surface area contributed by atoms with Gasteiger partial charge in [-0.15, -0.1) is 10.2 Å². The summed E-state index contributed by atoms with van der Waals surface area (Å²) in [4.78, 5) is 8.37. The molecule has 0 saturated carbocycles. The zero-order valence-corrected chi connectivity index (χ0v) is 9.94. The Bertz CT molecular complexity index is 494. The molecule has 0 unspecified atom stereocenters. The minimum atomic E-state index is 0.396. The summed E-state index contributed by atoms with van der Waals surface area (Å²) in [5.41, 5.74) is 0.906. The summed E-state index contributed by atoms with van der Waals surface area (Å²) >= 11 is 5.96. The number of halogens is 1. The Morgan fingerprint density at radius 3 is 2.88 bits per heavy atom. The third kappa shape index (κ3) is 2.19. The van der Waals surface area contributed by atoms with Crippen molar-refractivity contribution in [3.8, 4) is 0 Å². The largest absolute Gasteiger partial charge is 0.296 e. The average molecular weight is 238 g/mol. The van der Waals surface area contributed by atoms with E-state index in [1.54, 1.807) is 6.20 Å². The third-order valence-electron chi connectivity index (χ3n) is 2.25. The van der Waals surface area contributed by atoms with Crippen LogP contribution in [0.2, 0.25) is 5.28 Å². The van der Waals surface area contributed by atoms with Gasteiger partial charge in [0, 0.05) is 12.6 Å². The van der Waals surface area contributed by atoms with Crippen molar-refractivity contribution >= 4 is 11.6 Å². The second kappa shape index (κ2) is 4.57. The Morgan fingerprint density at radius 1 is 1.38 bits per heavy atom. The second-order valence-electron chi connectivity index (χ2n) is 3.42. The number of aryl methyl sites for hydroxylation is 2. The van der Waals surface area contributed by atoms with Crippen LogP contribution >= 0.6 is 11.6 Å². The van der Waals surface area contributed by atoms with E-state index in [0.29, 0.717) is 11.8 Å². The SMILES string of the molecule is CCc1nnc(Cl)n1Cc1ccnc(C)n1. The highest BCUT2D eigenvalue weighted by Gasteiger charge is 2.09. The summed E-state index contributed by atoms with van der Waals surface area (Å²) in [6.45, 7) is 4.46. The topological polar surface area (TPSA) is 56.5 Å². The Balaban J connectivity index is 2.29. The maximum absolute atomic E-state index is 5.96. The molecule has 0 aliphatic heterocycles. The summed E-state index contributed by atoms with van der Waals surface area (Å²) in [6, 6.07) is 1.86. The van der Waals surface area contributed by atoms with Crippen molar-refractivity contribution in [2.75, 3.05) is 0 Å². The molecule has 0 aliphatic carbocycles. The lowest BCUT2D eigenvalue weighted by Crippen LogP contribution is -2.07. The zero-order chi connectivity index (χ0) is 11.5. The average Bonchev–Trinajstić information content (AvgIpc) is 2.60. The van der Waals surface area contributed by atoms with E-state index >= 15 is 0 Å². The molecular formula is C10H12ClN5. The van der Waals surface area contributed by atoms with Crippen LogP contribution in [0.4, 0.5) is 0 Å². The second-order valence-corrected chi connectivity index (χ2v) is 3.76. The maximum atomic E-state index is 5.96. The molecular weight excluding hydrogens is 226 g/mol. The molecule has 0 aliphatic rings. The van der Waals surface area contributed by atoms with Crippen molar-refractivity contribution < 1.29 is 0 Å². The number of hydrogen-bond donors (Lipinski definition) is 0. The summed E-state index contributed by atoms with van der Waals surface area (Å²) < 4.78 is 1.85. The molecule has 0 saturated heterocycles. The highest BCUT2D eigenvalue weighted by atomic mass is 35.5. The summed E-state index contributed by atoms with van der Waals surface area (Å²) in [7, 11) is 0. The molecule has 0 bridgehead atoms. The van der Waals surface area contributed by atoms with E-state index in [1.165, 1.54) is 0 Å². The molecule has 0 spiro atoms. The molecule has 0 radical (unpaired) electrons. The van der Waals surface area contributed by atoms with Crippen LogP contribution in [-0.2, 0) is 13.0 Å². The van der Waals surface area contributed by atoms with Gasteiger partial charge in [0.25, 0.3) is 0 Å². The molecule has 2 aromatic rings. The van der Waals surface area contributed by atoms with E-state index < -0.39 is 0 Å². The Labute approximate surface area is 98.5 Å². The van der Waals surface area contributed by atoms with E-state index in [1.807, 2.05) is 24.5 Å². The predicted octanol–water partition coefficient (Wildman–Crippen LogP) is 1.64. The predicted molar refractivity (Wildman–Crippen MR) is 60.3 cm³/mol. The molecule has 0 atom stereocenters. The summed E-state index contributed by atoms with van der Waals surface area (Å²) in [6.07, 6.45) is 2.53. The molecule has 0 aromatic carbocycles. The van der Waals surface area contributed by atoms with Gasteiger partial charge in [-0.2, -0.15) is 0 Å². The normalized spacial score (nSPS) is 10.7. The van der Waals surface area contributed by atoms with Gasteiger partial charge < -0.3 is 0 Å².